The lowest BCUT2D eigenvalue weighted by Crippen LogP contribution is -2.45. The molecule has 1 aliphatic heterocycles. The Balaban J connectivity index is 1.55. The minimum Gasteiger partial charge on any atom is -0.492 e. The summed E-state index contributed by atoms with van der Waals surface area (Å²) in [6.07, 6.45) is 2.64. The van der Waals surface area contributed by atoms with E-state index in [0.717, 1.165) is 69.9 Å². The van der Waals surface area contributed by atoms with Gasteiger partial charge in [0.15, 0.2) is 0 Å². The van der Waals surface area contributed by atoms with E-state index in [0.29, 0.717) is 0 Å². The highest BCUT2D eigenvalue weighted by atomic mass is 16.5. The van der Waals surface area contributed by atoms with Crippen molar-refractivity contribution in [1.29, 1.82) is 0 Å². The number of benzene rings is 1. The van der Waals surface area contributed by atoms with Crippen molar-refractivity contribution in [2.75, 3.05) is 46.4 Å². The third-order valence-corrected chi connectivity index (χ3v) is 4.69. The van der Waals surface area contributed by atoms with Gasteiger partial charge in [-0.05, 0) is 43.5 Å². The molecule has 1 unspecified atom stereocenters. The molecule has 0 saturated carbocycles. The zero-order valence-electron chi connectivity index (χ0n) is 12.9. The van der Waals surface area contributed by atoms with Crippen LogP contribution in [-0.4, -0.2) is 61.3 Å². The van der Waals surface area contributed by atoms with Crippen molar-refractivity contribution in [3.8, 4) is 5.75 Å². The Morgan fingerprint density at radius 3 is 2.86 bits per heavy atom. The molecule has 1 heterocycles. The van der Waals surface area contributed by atoms with Gasteiger partial charge in [0.1, 0.15) is 12.4 Å². The lowest BCUT2D eigenvalue weighted by Gasteiger charge is -2.32. The van der Waals surface area contributed by atoms with Crippen LogP contribution < -0.4 is 4.74 Å². The second-order valence-corrected chi connectivity index (χ2v) is 6.23. The monoisotopic (exact) mass is 290 g/mol. The van der Waals surface area contributed by atoms with Crippen molar-refractivity contribution < 1.29 is 9.84 Å². The van der Waals surface area contributed by atoms with Crippen LogP contribution in [0.15, 0.2) is 18.2 Å². The largest absolute Gasteiger partial charge is 0.492 e. The maximum Gasteiger partial charge on any atom is 0.122 e. The van der Waals surface area contributed by atoms with Gasteiger partial charge in [0.05, 0.1) is 6.10 Å². The highest BCUT2D eigenvalue weighted by molar-refractivity contribution is 5.42. The quantitative estimate of drug-likeness (QED) is 0.915. The minimum atomic E-state index is -0.310. The Bertz CT molecular complexity index is 470. The van der Waals surface area contributed by atoms with Crippen LogP contribution in [0.2, 0.25) is 0 Å². The van der Waals surface area contributed by atoms with Crippen LogP contribution in [0.1, 0.15) is 30.1 Å². The SMILES string of the molecule is CN1CCN(CCOc2cccc3c2CCCC3O)CC1. The fraction of sp³-hybridized carbons (Fsp3) is 0.647. The van der Waals surface area contributed by atoms with Crippen LogP contribution >= 0.6 is 0 Å². The molecule has 0 aromatic heterocycles. The molecular formula is C17H26N2O2. The van der Waals surface area contributed by atoms with Crippen molar-refractivity contribution >= 4 is 0 Å². The summed E-state index contributed by atoms with van der Waals surface area (Å²) in [4.78, 5) is 4.83. The number of likely N-dealkylation sites (N-methyl/N-ethyl adjacent to an activating group) is 1. The Kier molecular flexibility index (Phi) is 4.78. The molecule has 0 radical (unpaired) electrons. The smallest absolute Gasteiger partial charge is 0.122 e. The lowest BCUT2D eigenvalue weighted by molar-refractivity contribution is 0.132. The molecule has 0 amide bonds. The molecule has 1 aromatic carbocycles. The van der Waals surface area contributed by atoms with Gasteiger partial charge in [-0.1, -0.05) is 12.1 Å². The van der Waals surface area contributed by atoms with Gasteiger partial charge in [0.2, 0.25) is 0 Å². The number of hydrogen-bond donors (Lipinski definition) is 1. The van der Waals surface area contributed by atoms with Gasteiger partial charge in [0, 0.05) is 32.7 Å². The Hall–Kier alpha value is -1.10. The fourth-order valence-electron chi connectivity index (χ4n) is 3.28. The summed E-state index contributed by atoms with van der Waals surface area (Å²) in [5, 5.41) is 10.1. The second kappa shape index (κ2) is 6.77. The van der Waals surface area contributed by atoms with E-state index in [1.54, 1.807) is 0 Å². The first-order valence-electron chi connectivity index (χ1n) is 8.07. The van der Waals surface area contributed by atoms with Crippen LogP contribution in [0.3, 0.4) is 0 Å². The van der Waals surface area contributed by atoms with Gasteiger partial charge in [-0.3, -0.25) is 4.90 Å². The molecule has 4 nitrogen and oxygen atoms in total. The minimum absolute atomic E-state index is 0.310. The predicted octanol–water partition coefficient (Wildman–Crippen LogP) is 1.68. The van der Waals surface area contributed by atoms with Crippen molar-refractivity contribution in [3.05, 3.63) is 29.3 Å². The second-order valence-electron chi connectivity index (χ2n) is 6.23. The van der Waals surface area contributed by atoms with E-state index in [-0.39, 0.29) is 6.10 Å². The van der Waals surface area contributed by atoms with E-state index >= 15 is 0 Å². The summed E-state index contributed by atoms with van der Waals surface area (Å²) < 4.78 is 6.02. The Morgan fingerprint density at radius 1 is 1.24 bits per heavy atom. The topological polar surface area (TPSA) is 35.9 Å². The number of piperazine rings is 1. The van der Waals surface area contributed by atoms with E-state index in [1.807, 2.05) is 18.2 Å². The summed E-state index contributed by atoms with van der Waals surface area (Å²) in [5.74, 6) is 0.973. The number of ether oxygens (including phenoxy) is 1. The first-order valence-corrected chi connectivity index (χ1v) is 8.07. The molecule has 3 rings (SSSR count). The van der Waals surface area contributed by atoms with E-state index in [4.69, 9.17) is 4.74 Å². The molecule has 4 heteroatoms. The van der Waals surface area contributed by atoms with E-state index in [1.165, 1.54) is 5.56 Å². The molecule has 0 bridgehead atoms. The molecule has 1 aliphatic carbocycles. The molecule has 1 saturated heterocycles. The lowest BCUT2D eigenvalue weighted by atomic mass is 9.89. The summed E-state index contributed by atoms with van der Waals surface area (Å²) in [7, 11) is 2.18. The molecule has 0 spiro atoms. The zero-order valence-corrected chi connectivity index (χ0v) is 12.9. The highest BCUT2D eigenvalue weighted by Gasteiger charge is 2.21. The van der Waals surface area contributed by atoms with Crippen molar-refractivity contribution in [1.82, 2.24) is 9.80 Å². The van der Waals surface area contributed by atoms with Crippen LogP contribution in [0.5, 0.6) is 5.75 Å². The summed E-state index contributed by atoms with van der Waals surface area (Å²) >= 11 is 0. The van der Waals surface area contributed by atoms with E-state index < -0.39 is 0 Å². The van der Waals surface area contributed by atoms with Gasteiger partial charge >= 0.3 is 0 Å². The predicted molar refractivity (Wildman–Crippen MR) is 83.8 cm³/mol. The maximum absolute atomic E-state index is 10.1. The molecule has 116 valence electrons. The number of rotatable bonds is 4. The molecule has 21 heavy (non-hydrogen) atoms. The molecule has 1 aromatic rings. The third-order valence-electron chi connectivity index (χ3n) is 4.69. The number of fused-ring (bicyclic) bond motifs is 1. The Morgan fingerprint density at radius 2 is 2.05 bits per heavy atom. The Labute approximate surface area is 127 Å². The normalized spacial score (nSPS) is 23.8. The van der Waals surface area contributed by atoms with Gasteiger partial charge < -0.3 is 14.7 Å². The van der Waals surface area contributed by atoms with Crippen LogP contribution in [0, 0.1) is 0 Å². The maximum atomic E-state index is 10.1. The average Bonchev–Trinajstić information content (AvgIpc) is 2.50. The molecule has 1 atom stereocenters. The third kappa shape index (κ3) is 3.57. The van der Waals surface area contributed by atoms with E-state index in [2.05, 4.69) is 16.8 Å². The first kappa shape index (κ1) is 14.8. The standard InChI is InChI=1S/C17H26N2O2/c1-18-8-10-19(11-9-18)12-13-21-17-7-3-4-14-15(17)5-2-6-16(14)20/h3-4,7,16,20H,2,5-6,8-13H2,1H3. The number of aliphatic hydroxyl groups is 1. The van der Waals surface area contributed by atoms with Gasteiger partial charge in [0.25, 0.3) is 0 Å². The molecule has 1 N–H and O–H groups in total. The molecule has 2 aliphatic rings. The van der Waals surface area contributed by atoms with Crippen LogP contribution in [0.25, 0.3) is 0 Å². The van der Waals surface area contributed by atoms with Crippen LogP contribution in [0.4, 0.5) is 0 Å². The number of hydrogen-bond acceptors (Lipinski definition) is 4. The van der Waals surface area contributed by atoms with Crippen LogP contribution in [-0.2, 0) is 6.42 Å². The van der Waals surface area contributed by atoms with Crippen molar-refractivity contribution in [3.63, 3.8) is 0 Å². The summed E-state index contributed by atoms with van der Waals surface area (Å²) in [5.41, 5.74) is 2.29. The first-order chi connectivity index (χ1) is 10.2. The summed E-state index contributed by atoms with van der Waals surface area (Å²) in [6.45, 7) is 6.27. The zero-order chi connectivity index (χ0) is 14.7. The highest BCUT2D eigenvalue weighted by Crippen LogP contribution is 2.35. The number of nitrogens with zero attached hydrogens (tertiary/aromatic N) is 2. The molecule has 1 fully saturated rings. The van der Waals surface area contributed by atoms with Crippen molar-refractivity contribution in [2.45, 2.75) is 25.4 Å². The number of aliphatic hydroxyl groups excluding tert-OH is 1. The van der Waals surface area contributed by atoms with Gasteiger partial charge in [-0.15, -0.1) is 0 Å². The van der Waals surface area contributed by atoms with E-state index in [9.17, 15) is 5.11 Å². The van der Waals surface area contributed by atoms with Gasteiger partial charge in [-0.25, -0.2) is 0 Å². The molecular weight excluding hydrogens is 264 g/mol. The summed E-state index contributed by atoms with van der Waals surface area (Å²) in [6, 6.07) is 6.08. The fourth-order valence-corrected chi connectivity index (χ4v) is 3.28. The average molecular weight is 290 g/mol. The van der Waals surface area contributed by atoms with Crippen molar-refractivity contribution in [2.24, 2.45) is 0 Å². The van der Waals surface area contributed by atoms with Gasteiger partial charge in [-0.2, -0.15) is 0 Å².